The standard InChI is InChI=1S/C28H32O7/c1-7-18(6)28(32)35-25-16-20(11-13-24(25)34-27(31)17(4)5)19-10-12-23(33-26(30)9-3)21(14-19)15-22(29)8-2/h7-14,18,22,25,28-29,32H,1-4,15-16H2,5-6H3. The van der Waals surface area contributed by atoms with Gasteiger partial charge >= 0.3 is 11.9 Å². The first-order valence-electron chi connectivity index (χ1n) is 11.1. The van der Waals surface area contributed by atoms with Gasteiger partial charge in [-0.25, -0.2) is 9.59 Å². The Kier molecular flexibility index (Phi) is 10.1. The number of ether oxygens (including phenoxy) is 3. The van der Waals surface area contributed by atoms with E-state index in [-0.39, 0.29) is 30.1 Å². The third-order valence-corrected chi connectivity index (χ3v) is 5.37. The molecule has 0 spiro atoms. The lowest BCUT2D eigenvalue weighted by Gasteiger charge is -2.28. The van der Waals surface area contributed by atoms with Gasteiger partial charge in [-0.2, -0.15) is 0 Å². The van der Waals surface area contributed by atoms with Crippen LogP contribution < -0.4 is 4.74 Å². The van der Waals surface area contributed by atoms with Crippen LogP contribution in [0.2, 0.25) is 0 Å². The Morgan fingerprint density at radius 2 is 1.86 bits per heavy atom. The Morgan fingerprint density at radius 3 is 2.46 bits per heavy atom. The highest BCUT2D eigenvalue weighted by Gasteiger charge is 2.28. The van der Waals surface area contributed by atoms with Crippen LogP contribution in [0.5, 0.6) is 5.75 Å². The molecule has 2 N–H and O–H groups in total. The molecule has 0 radical (unpaired) electrons. The van der Waals surface area contributed by atoms with E-state index in [2.05, 4.69) is 26.3 Å². The Balaban J connectivity index is 2.43. The van der Waals surface area contributed by atoms with Crippen molar-refractivity contribution in [3.8, 4) is 5.75 Å². The number of benzene rings is 1. The second-order valence-electron chi connectivity index (χ2n) is 8.20. The molecule has 1 aromatic carbocycles. The molecule has 1 aliphatic rings. The fraction of sp³-hybridized carbons (Fsp3) is 0.286. The minimum atomic E-state index is -1.16. The molecule has 2 rings (SSSR count). The SMILES string of the molecule is C=CC(=O)Oc1ccc(C2=CC=C(OC(=O)C(=C)C)C(OC(O)C(C)C=C)C2)cc1CC(O)C=C. The molecule has 0 heterocycles. The number of hydrogen-bond acceptors (Lipinski definition) is 7. The van der Waals surface area contributed by atoms with E-state index in [0.717, 1.165) is 17.2 Å². The summed E-state index contributed by atoms with van der Waals surface area (Å²) in [6, 6.07) is 5.19. The third-order valence-electron chi connectivity index (χ3n) is 5.37. The van der Waals surface area contributed by atoms with E-state index in [1.165, 1.54) is 13.0 Å². The molecule has 0 fully saturated rings. The summed E-state index contributed by atoms with van der Waals surface area (Å²) < 4.78 is 16.6. The largest absolute Gasteiger partial charge is 0.425 e. The molecule has 4 unspecified atom stereocenters. The van der Waals surface area contributed by atoms with Crippen molar-refractivity contribution in [1.29, 1.82) is 0 Å². The molecule has 186 valence electrons. The molecule has 7 heteroatoms. The van der Waals surface area contributed by atoms with Crippen LogP contribution in [0.3, 0.4) is 0 Å². The number of carbonyl (C=O) groups is 2. The highest BCUT2D eigenvalue weighted by atomic mass is 16.6. The number of rotatable bonds is 12. The van der Waals surface area contributed by atoms with Crippen molar-refractivity contribution in [2.75, 3.05) is 0 Å². The van der Waals surface area contributed by atoms with Crippen molar-refractivity contribution in [3.63, 3.8) is 0 Å². The van der Waals surface area contributed by atoms with Crippen LogP contribution >= 0.6 is 0 Å². The lowest BCUT2D eigenvalue weighted by molar-refractivity contribution is -0.159. The average molecular weight is 481 g/mol. The van der Waals surface area contributed by atoms with Crippen LogP contribution in [-0.2, 0) is 25.5 Å². The normalized spacial score (nSPS) is 17.7. The molecule has 0 aliphatic heterocycles. The number of aliphatic hydroxyl groups excluding tert-OH is 2. The monoisotopic (exact) mass is 480 g/mol. The zero-order chi connectivity index (χ0) is 26.1. The van der Waals surface area contributed by atoms with E-state index in [1.54, 1.807) is 43.4 Å². The molecular formula is C28H32O7. The molecule has 4 atom stereocenters. The summed E-state index contributed by atoms with van der Waals surface area (Å²) in [5.74, 6) is -1.02. The Morgan fingerprint density at radius 1 is 1.14 bits per heavy atom. The van der Waals surface area contributed by atoms with E-state index >= 15 is 0 Å². The average Bonchev–Trinajstić information content (AvgIpc) is 2.84. The van der Waals surface area contributed by atoms with Crippen LogP contribution in [0.4, 0.5) is 0 Å². The summed E-state index contributed by atoms with van der Waals surface area (Å²) in [5, 5.41) is 20.5. The van der Waals surface area contributed by atoms with Crippen molar-refractivity contribution in [2.24, 2.45) is 5.92 Å². The van der Waals surface area contributed by atoms with E-state index in [0.29, 0.717) is 11.3 Å². The predicted molar refractivity (Wildman–Crippen MR) is 134 cm³/mol. The maximum atomic E-state index is 12.1. The minimum absolute atomic E-state index is 0.178. The van der Waals surface area contributed by atoms with Crippen LogP contribution in [0.15, 0.2) is 86.2 Å². The van der Waals surface area contributed by atoms with Crippen LogP contribution in [0.1, 0.15) is 31.4 Å². The van der Waals surface area contributed by atoms with Crippen molar-refractivity contribution >= 4 is 17.5 Å². The first kappa shape index (κ1) is 27.7. The van der Waals surface area contributed by atoms with Gasteiger partial charge in [0, 0.05) is 30.4 Å². The number of hydrogen-bond donors (Lipinski definition) is 2. The van der Waals surface area contributed by atoms with E-state index < -0.39 is 30.4 Å². The van der Waals surface area contributed by atoms with E-state index in [9.17, 15) is 19.8 Å². The predicted octanol–water partition coefficient (Wildman–Crippen LogP) is 4.18. The van der Waals surface area contributed by atoms with Crippen LogP contribution in [0.25, 0.3) is 5.57 Å². The third kappa shape index (κ3) is 7.75. The highest BCUT2D eigenvalue weighted by molar-refractivity contribution is 5.88. The molecule has 0 amide bonds. The number of aliphatic hydroxyl groups is 2. The topological polar surface area (TPSA) is 102 Å². The summed E-state index contributed by atoms with van der Waals surface area (Å²) >= 11 is 0. The Labute approximate surface area is 206 Å². The van der Waals surface area contributed by atoms with Gasteiger partial charge in [0.2, 0.25) is 0 Å². The molecule has 0 saturated heterocycles. The lowest BCUT2D eigenvalue weighted by Crippen LogP contribution is -2.30. The number of esters is 2. The van der Waals surface area contributed by atoms with Gasteiger partial charge in [-0.1, -0.05) is 44.4 Å². The summed E-state index contributed by atoms with van der Waals surface area (Å²) in [6.07, 6.45) is 5.11. The molecule has 1 aliphatic carbocycles. The first-order valence-corrected chi connectivity index (χ1v) is 11.1. The molecule has 0 aromatic heterocycles. The lowest BCUT2D eigenvalue weighted by atomic mass is 9.92. The number of carbonyl (C=O) groups excluding carboxylic acids is 2. The molecule has 1 aromatic rings. The van der Waals surface area contributed by atoms with Gasteiger partial charge in [0.1, 0.15) is 17.6 Å². The van der Waals surface area contributed by atoms with Crippen molar-refractivity contribution in [1.82, 2.24) is 0 Å². The minimum Gasteiger partial charge on any atom is -0.425 e. The van der Waals surface area contributed by atoms with Crippen LogP contribution in [0, 0.1) is 5.92 Å². The second kappa shape index (κ2) is 12.8. The fourth-order valence-electron chi connectivity index (χ4n) is 3.19. The molecular weight excluding hydrogens is 448 g/mol. The van der Waals surface area contributed by atoms with Gasteiger partial charge < -0.3 is 24.4 Å². The Bertz CT molecular complexity index is 1060. The van der Waals surface area contributed by atoms with Gasteiger partial charge in [-0.15, -0.1) is 13.2 Å². The van der Waals surface area contributed by atoms with Gasteiger partial charge in [0.15, 0.2) is 6.29 Å². The summed E-state index contributed by atoms with van der Waals surface area (Å²) in [6.45, 7) is 17.6. The zero-order valence-electron chi connectivity index (χ0n) is 20.1. The molecule has 35 heavy (non-hydrogen) atoms. The number of allylic oxidation sites excluding steroid dienone is 2. The zero-order valence-corrected chi connectivity index (χ0v) is 20.1. The highest BCUT2D eigenvalue weighted by Crippen LogP contribution is 2.34. The van der Waals surface area contributed by atoms with Crippen molar-refractivity contribution in [2.45, 2.75) is 45.2 Å². The smallest absolute Gasteiger partial charge is 0.338 e. The van der Waals surface area contributed by atoms with Crippen LogP contribution in [-0.4, -0.2) is 40.6 Å². The molecule has 0 bridgehead atoms. The van der Waals surface area contributed by atoms with Crippen molar-refractivity contribution in [3.05, 3.63) is 97.4 Å². The fourth-order valence-corrected chi connectivity index (χ4v) is 3.19. The maximum absolute atomic E-state index is 12.1. The van der Waals surface area contributed by atoms with Gasteiger partial charge in [-0.05, 0) is 41.8 Å². The summed E-state index contributed by atoms with van der Waals surface area (Å²) in [7, 11) is 0. The summed E-state index contributed by atoms with van der Waals surface area (Å²) in [5.41, 5.74) is 2.41. The Hall–Kier alpha value is -3.52. The second-order valence-corrected chi connectivity index (χ2v) is 8.20. The maximum Gasteiger partial charge on any atom is 0.338 e. The molecule has 7 nitrogen and oxygen atoms in total. The quantitative estimate of drug-likeness (QED) is 0.152. The first-order chi connectivity index (χ1) is 16.6. The van der Waals surface area contributed by atoms with Gasteiger partial charge in [-0.3, -0.25) is 0 Å². The van der Waals surface area contributed by atoms with Crippen molar-refractivity contribution < 1.29 is 34.0 Å². The van der Waals surface area contributed by atoms with Gasteiger partial charge in [0.05, 0.1) is 6.10 Å². The van der Waals surface area contributed by atoms with Gasteiger partial charge in [0.25, 0.3) is 0 Å². The van der Waals surface area contributed by atoms with E-state index in [4.69, 9.17) is 14.2 Å². The molecule has 0 saturated carbocycles. The summed E-state index contributed by atoms with van der Waals surface area (Å²) in [4.78, 5) is 23.8. The van der Waals surface area contributed by atoms with E-state index in [1.807, 2.05) is 0 Å².